The third-order valence-corrected chi connectivity index (χ3v) is 3.34. The van der Waals surface area contributed by atoms with Gasteiger partial charge in [0.05, 0.1) is 23.4 Å². The summed E-state index contributed by atoms with van der Waals surface area (Å²) in [7, 11) is 0. The molecule has 1 aliphatic heterocycles. The number of hydrogen-bond donors (Lipinski definition) is 0. The first-order valence-electron chi connectivity index (χ1n) is 6.93. The van der Waals surface area contributed by atoms with E-state index in [1.54, 1.807) is 42.5 Å². The van der Waals surface area contributed by atoms with Crippen molar-refractivity contribution in [3.05, 3.63) is 59.7 Å². The molecule has 0 fully saturated rings. The molecule has 21 heavy (non-hydrogen) atoms. The van der Waals surface area contributed by atoms with E-state index < -0.39 is 0 Å². The van der Waals surface area contributed by atoms with Gasteiger partial charge in [0.2, 0.25) is 0 Å². The highest BCUT2D eigenvalue weighted by Crippen LogP contribution is 2.30. The number of carbonyl (C=O) groups excluding carboxylic acids is 2. The highest BCUT2D eigenvalue weighted by Gasteiger charge is 2.36. The first kappa shape index (κ1) is 13.4. The molecular weight excluding hydrogens is 266 g/mol. The minimum atomic E-state index is -0.289. The van der Waals surface area contributed by atoms with E-state index in [2.05, 4.69) is 0 Å². The van der Waals surface area contributed by atoms with Crippen molar-refractivity contribution < 1.29 is 14.3 Å². The predicted molar refractivity (Wildman–Crippen MR) is 79.8 cm³/mol. The van der Waals surface area contributed by atoms with E-state index in [4.69, 9.17) is 4.74 Å². The number of fused-ring (bicyclic) bond motifs is 1. The summed E-state index contributed by atoms with van der Waals surface area (Å²) in [5, 5.41) is 0. The highest BCUT2D eigenvalue weighted by molar-refractivity contribution is 6.34. The summed E-state index contributed by atoms with van der Waals surface area (Å²) in [4.78, 5) is 26.0. The average molecular weight is 281 g/mol. The van der Waals surface area contributed by atoms with Gasteiger partial charge in [-0.1, -0.05) is 25.1 Å². The zero-order chi connectivity index (χ0) is 14.8. The number of nitrogens with zero attached hydrogens (tertiary/aromatic N) is 1. The Morgan fingerprint density at radius 2 is 1.62 bits per heavy atom. The lowest BCUT2D eigenvalue weighted by atomic mass is 10.1. The largest absolute Gasteiger partial charge is 0.494 e. The third-order valence-electron chi connectivity index (χ3n) is 3.34. The van der Waals surface area contributed by atoms with Crippen molar-refractivity contribution in [3.63, 3.8) is 0 Å². The molecule has 2 aromatic carbocycles. The second kappa shape index (κ2) is 5.40. The molecule has 0 aliphatic carbocycles. The molecule has 4 nitrogen and oxygen atoms in total. The maximum atomic E-state index is 12.4. The summed E-state index contributed by atoms with van der Waals surface area (Å²) in [6.45, 7) is 2.62. The van der Waals surface area contributed by atoms with Gasteiger partial charge in [0, 0.05) is 6.07 Å². The summed E-state index contributed by atoms with van der Waals surface area (Å²) in [5.74, 6) is 0.0809. The van der Waals surface area contributed by atoms with Crippen LogP contribution in [-0.4, -0.2) is 18.4 Å². The van der Waals surface area contributed by atoms with Crippen molar-refractivity contribution >= 4 is 17.5 Å². The van der Waals surface area contributed by atoms with Crippen LogP contribution in [0.2, 0.25) is 0 Å². The van der Waals surface area contributed by atoms with E-state index in [0.29, 0.717) is 29.2 Å². The SMILES string of the molecule is CCCOc1cccc(N2C(=O)c3ccccc3C2=O)c1. The lowest BCUT2D eigenvalue weighted by Gasteiger charge is -2.15. The van der Waals surface area contributed by atoms with Crippen LogP contribution in [0.15, 0.2) is 48.5 Å². The Kier molecular flexibility index (Phi) is 3.44. The number of rotatable bonds is 4. The van der Waals surface area contributed by atoms with Crippen molar-refractivity contribution in [2.75, 3.05) is 11.5 Å². The molecule has 0 spiro atoms. The van der Waals surface area contributed by atoms with Crippen molar-refractivity contribution in [1.82, 2.24) is 0 Å². The monoisotopic (exact) mass is 281 g/mol. The van der Waals surface area contributed by atoms with Gasteiger partial charge in [-0.25, -0.2) is 4.90 Å². The normalized spacial score (nSPS) is 13.5. The summed E-state index contributed by atoms with van der Waals surface area (Å²) < 4.78 is 5.55. The molecule has 3 rings (SSSR count). The number of ether oxygens (including phenoxy) is 1. The Morgan fingerprint density at radius 3 is 2.24 bits per heavy atom. The fraction of sp³-hybridized carbons (Fsp3) is 0.176. The zero-order valence-electron chi connectivity index (χ0n) is 11.7. The molecule has 4 heteroatoms. The number of benzene rings is 2. The fourth-order valence-corrected chi connectivity index (χ4v) is 2.36. The predicted octanol–water partition coefficient (Wildman–Crippen LogP) is 3.28. The molecule has 0 aromatic heterocycles. The lowest BCUT2D eigenvalue weighted by molar-refractivity contribution is 0.0926. The van der Waals surface area contributed by atoms with Crippen LogP contribution in [0.1, 0.15) is 34.1 Å². The smallest absolute Gasteiger partial charge is 0.266 e. The molecule has 0 N–H and O–H groups in total. The van der Waals surface area contributed by atoms with Crippen LogP contribution < -0.4 is 9.64 Å². The first-order valence-corrected chi connectivity index (χ1v) is 6.93. The van der Waals surface area contributed by atoms with Gasteiger partial charge in [-0.05, 0) is 30.7 Å². The summed E-state index contributed by atoms with van der Waals surface area (Å²) in [5.41, 5.74) is 1.43. The third kappa shape index (κ3) is 2.29. The fourth-order valence-electron chi connectivity index (χ4n) is 2.36. The van der Waals surface area contributed by atoms with Crippen molar-refractivity contribution in [1.29, 1.82) is 0 Å². The number of amides is 2. The Balaban J connectivity index is 1.95. The van der Waals surface area contributed by atoms with Crippen molar-refractivity contribution in [2.24, 2.45) is 0 Å². The Morgan fingerprint density at radius 1 is 0.952 bits per heavy atom. The molecule has 106 valence electrons. The summed E-state index contributed by atoms with van der Waals surface area (Å²) >= 11 is 0. The number of carbonyl (C=O) groups is 2. The standard InChI is InChI=1S/C17H15NO3/c1-2-10-21-13-7-5-6-12(11-13)18-16(19)14-8-3-4-9-15(14)17(18)20/h3-9,11H,2,10H2,1H3. The van der Waals surface area contributed by atoms with E-state index in [-0.39, 0.29) is 11.8 Å². The van der Waals surface area contributed by atoms with Crippen LogP contribution in [0, 0.1) is 0 Å². The van der Waals surface area contributed by atoms with E-state index in [1.165, 1.54) is 4.90 Å². The lowest BCUT2D eigenvalue weighted by Crippen LogP contribution is -2.29. The molecule has 0 atom stereocenters. The molecule has 0 bridgehead atoms. The van der Waals surface area contributed by atoms with Crippen LogP contribution in [0.5, 0.6) is 5.75 Å². The maximum Gasteiger partial charge on any atom is 0.266 e. The van der Waals surface area contributed by atoms with E-state index >= 15 is 0 Å². The summed E-state index contributed by atoms with van der Waals surface area (Å²) in [6.07, 6.45) is 0.900. The molecule has 2 amide bonds. The van der Waals surface area contributed by atoms with Crippen LogP contribution in [-0.2, 0) is 0 Å². The number of imide groups is 1. The maximum absolute atomic E-state index is 12.4. The molecule has 0 saturated carbocycles. The van der Waals surface area contributed by atoms with Crippen LogP contribution in [0.4, 0.5) is 5.69 Å². The molecule has 0 unspecified atom stereocenters. The van der Waals surface area contributed by atoms with Gasteiger partial charge in [0.15, 0.2) is 0 Å². The average Bonchev–Trinajstić information content (AvgIpc) is 2.78. The Labute approximate surface area is 123 Å². The number of anilines is 1. The van der Waals surface area contributed by atoms with Crippen LogP contribution in [0.25, 0.3) is 0 Å². The summed E-state index contributed by atoms with van der Waals surface area (Å²) in [6, 6.07) is 13.9. The van der Waals surface area contributed by atoms with E-state index in [1.807, 2.05) is 13.0 Å². The van der Waals surface area contributed by atoms with Crippen molar-refractivity contribution in [3.8, 4) is 5.75 Å². The van der Waals surface area contributed by atoms with Gasteiger partial charge in [0.1, 0.15) is 5.75 Å². The highest BCUT2D eigenvalue weighted by atomic mass is 16.5. The molecular formula is C17H15NO3. The molecule has 0 saturated heterocycles. The van der Waals surface area contributed by atoms with Gasteiger partial charge >= 0.3 is 0 Å². The molecule has 0 radical (unpaired) electrons. The van der Waals surface area contributed by atoms with Crippen LogP contribution in [0.3, 0.4) is 0 Å². The second-order valence-electron chi connectivity index (χ2n) is 4.84. The van der Waals surface area contributed by atoms with E-state index in [0.717, 1.165) is 6.42 Å². The topological polar surface area (TPSA) is 46.6 Å². The molecule has 2 aromatic rings. The van der Waals surface area contributed by atoms with Gasteiger partial charge < -0.3 is 4.74 Å². The zero-order valence-corrected chi connectivity index (χ0v) is 11.7. The van der Waals surface area contributed by atoms with Gasteiger partial charge in [-0.2, -0.15) is 0 Å². The Bertz CT molecular complexity index is 674. The number of hydrogen-bond acceptors (Lipinski definition) is 3. The van der Waals surface area contributed by atoms with Gasteiger partial charge in [0.25, 0.3) is 11.8 Å². The Hall–Kier alpha value is -2.62. The second-order valence-corrected chi connectivity index (χ2v) is 4.84. The minimum Gasteiger partial charge on any atom is -0.494 e. The van der Waals surface area contributed by atoms with E-state index in [9.17, 15) is 9.59 Å². The molecule has 1 aliphatic rings. The minimum absolute atomic E-state index is 0.289. The van der Waals surface area contributed by atoms with Gasteiger partial charge in [-0.3, -0.25) is 9.59 Å². The molecule has 1 heterocycles. The quantitative estimate of drug-likeness (QED) is 0.808. The van der Waals surface area contributed by atoms with Crippen molar-refractivity contribution in [2.45, 2.75) is 13.3 Å². The van der Waals surface area contributed by atoms with Crippen LogP contribution >= 0.6 is 0 Å². The first-order chi connectivity index (χ1) is 10.2. The van der Waals surface area contributed by atoms with Gasteiger partial charge in [-0.15, -0.1) is 0 Å².